The van der Waals surface area contributed by atoms with Crippen molar-refractivity contribution < 1.29 is 28.9 Å². The standard InChI is InChI=1S/C25H24N2O6/c1-15-12-22-25(19-14-17(28)5-6-18(15)19)26-20-7-4-16(13-21(20)33-22)27(10-8-23(29)31-2)11-9-24(30)32-3/h4-7,12-14,28H,1,8-11H2,2-3H3. The molecule has 0 aliphatic carbocycles. The average molecular weight is 448 g/mol. The molecule has 8 nitrogen and oxygen atoms in total. The zero-order valence-electron chi connectivity index (χ0n) is 18.5. The zero-order valence-corrected chi connectivity index (χ0v) is 18.5. The van der Waals surface area contributed by atoms with Gasteiger partial charge in [-0.1, -0.05) is 12.6 Å². The molecule has 0 saturated heterocycles. The quantitative estimate of drug-likeness (QED) is 0.434. The molecule has 1 aliphatic heterocycles. The summed E-state index contributed by atoms with van der Waals surface area (Å²) in [6.45, 7) is 4.82. The van der Waals surface area contributed by atoms with E-state index in [2.05, 4.69) is 6.58 Å². The predicted molar refractivity (Wildman–Crippen MR) is 124 cm³/mol. The van der Waals surface area contributed by atoms with E-state index in [1.165, 1.54) is 14.2 Å². The maximum atomic E-state index is 11.7. The number of carbonyl (C=O) groups is 2. The zero-order chi connectivity index (χ0) is 23.5. The lowest BCUT2D eigenvalue weighted by Crippen LogP contribution is -2.29. The van der Waals surface area contributed by atoms with Gasteiger partial charge in [0, 0.05) is 30.2 Å². The fourth-order valence-corrected chi connectivity index (χ4v) is 3.78. The molecule has 0 saturated carbocycles. The van der Waals surface area contributed by atoms with Gasteiger partial charge in [-0.05, 0) is 40.9 Å². The lowest BCUT2D eigenvalue weighted by Gasteiger charge is -2.25. The van der Waals surface area contributed by atoms with Crippen LogP contribution in [0.2, 0.25) is 0 Å². The summed E-state index contributed by atoms with van der Waals surface area (Å²) in [6.07, 6.45) is 0.340. The van der Waals surface area contributed by atoms with Crippen molar-refractivity contribution in [2.45, 2.75) is 12.8 Å². The van der Waals surface area contributed by atoms with Crippen molar-refractivity contribution in [3.8, 4) is 17.2 Å². The summed E-state index contributed by atoms with van der Waals surface area (Å²) in [6, 6.07) is 12.4. The van der Waals surface area contributed by atoms with Gasteiger partial charge >= 0.3 is 11.9 Å². The minimum atomic E-state index is -0.339. The van der Waals surface area contributed by atoms with Crippen LogP contribution in [0.1, 0.15) is 12.8 Å². The van der Waals surface area contributed by atoms with Gasteiger partial charge in [0.05, 0.1) is 27.1 Å². The Morgan fingerprint density at radius 2 is 1.67 bits per heavy atom. The Morgan fingerprint density at radius 1 is 0.970 bits per heavy atom. The number of benzene rings is 3. The first-order valence-corrected chi connectivity index (χ1v) is 10.4. The number of rotatable bonds is 7. The Morgan fingerprint density at radius 3 is 2.33 bits per heavy atom. The molecule has 0 unspecified atom stereocenters. The van der Waals surface area contributed by atoms with Crippen molar-refractivity contribution in [1.82, 2.24) is 0 Å². The van der Waals surface area contributed by atoms with Crippen LogP contribution in [0.3, 0.4) is 0 Å². The Kier molecular flexibility index (Phi) is 6.17. The third-order valence-corrected chi connectivity index (χ3v) is 5.53. The first kappa shape index (κ1) is 22.1. The minimum absolute atomic E-state index is 0.137. The predicted octanol–water partition coefficient (Wildman–Crippen LogP) is 2.95. The van der Waals surface area contributed by atoms with Gasteiger partial charge in [0.25, 0.3) is 0 Å². The van der Waals surface area contributed by atoms with Crippen molar-refractivity contribution in [2.75, 3.05) is 32.2 Å². The second-order valence-corrected chi connectivity index (χ2v) is 7.62. The molecule has 0 amide bonds. The summed E-state index contributed by atoms with van der Waals surface area (Å²) in [7, 11) is 2.68. The van der Waals surface area contributed by atoms with Gasteiger partial charge in [-0.15, -0.1) is 0 Å². The maximum Gasteiger partial charge on any atom is 0.307 e. The van der Waals surface area contributed by atoms with Crippen LogP contribution in [-0.2, 0) is 19.1 Å². The van der Waals surface area contributed by atoms with E-state index in [-0.39, 0.29) is 30.5 Å². The van der Waals surface area contributed by atoms with E-state index in [0.29, 0.717) is 35.6 Å². The first-order chi connectivity index (χ1) is 15.9. The van der Waals surface area contributed by atoms with Crippen molar-refractivity contribution in [1.29, 1.82) is 0 Å². The Hall–Kier alpha value is -4.07. The summed E-state index contributed by atoms with van der Waals surface area (Å²) < 4.78 is 15.7. The largest absolute Gasteiger partial charge is 0.508 e. The highest BCUT2D eigenvalue weighted by atomic mass is 16.5. The Labute approximate surface area is 190 Å². The maximum absolute atomic E-state index is 11.7. The smallest absolute Gasteiger partial charge is 0.307 e. The Balaban J connectivity index is 1.71. The average Bonchev–Trinajstić information content (AvgIpc) is 2.82. The van der Waals surface area contributed by atoms with Crippen LogP contribution in [0, 0.1) is 0 Å². The van der Waals surface area contributed by atoms with E-state index in [4.69, 9.17) is 19.2 Å². The molecule has 4 rings (SSSR count). The summed E-state index contributed by atoms with van der Waals surface area (Å²) in [5.74, 6) is 0.542. The second-order valence-electron chi connectivity index (χ2n) is 7.62. The summed E-state index contributed by atoms with van der Waals surface area (Å²) in [4.78, 5) is 30.0. The number of phenolic OH excluding ortho intramolecular Hbond substituents is 1. The molecule has 3 aromatic rings. The molecule has 3 aromatic carbocycles. The van der Waals surface area contributed by atoms with Gasteiger partial charge in [0.15, 0.2) is 11.5 Å². The molecular weight excluding hydrogens is 424 g/mol. The van der Waals surface area contributed by atoms with E-state index in [9.17, 15) is 14.7 Å². The number of aromatic hydroxyl groups is 1. The second kappa shape index (κ2) is 9.20. The van der Waals surface area contributed by atoms with E-state index >= 15 is 0 Å². The van der Waals surface area contributed by atoms with Crippen LogP contribution in [-0.4, -0.2) is 44.4 Å². The molecule has 0 atom stereocenters. The van der Waals surface area contributed by atoms with Crippen LogP contribution in [0.25, 0.3) is 17.4 Å². The minimum Gasteiger partial charge on any atom is -0.508 e. The number of fused-ring (bicyclic) bond motifs is 4. The van der Waals surface area contributed by atoms with Crippen LogP contribution >= 0.6 is 0 Å². The first-order valence-electron chi connectivity index (χ1n) is 10.4. The lowest BCUT2D eigenvalue weighted by molar-refractivity contribution is -0.140. The van der Waals surface area contributed by atoms with E-state index in [0.717, 1.165) is 21.7 Å². The Bertz CT molecular complexity index is 1330. The number of carbonyl (C=O) groups excluding carboxylic acids is 2. The monoisotopic (exact) mass is 448 g/mol. The molecule has 170 valence electrons. The number of hydrogen-bond acceptors (Lipinski definition) is 8. The third kappa shape index (κ3) is 4.59. The van der Waals surface area contributed by atoms with Crippen molar-refractivity contribution >= 4 is 40.7 Å². The molecule has 0 spiro atoms. The molecule has 33 heavy (non-hydrogen) atoms. The molecule has 0 fully saturated rings. The highest BCUT2D eigenvalue weighted by Gasteiger charge is 2.19. The third-order valence-electron chi connectivity index (χ3n) is 5.53. The number of hydrogen-bond donors (Lipinski definition) is 1. The van der Waals surface area contributed by atoms with Crippen LogP contribution in [0.5, 0.6) is 17.2 Å². The van der Waals surface area contributed by atoms with Crippen LogP contribution in [0.15, 0.2) is 47.5 Å². The topological polar surface area (TPSA) is 97.7 Å². The summed E-state index contributed by atoms with van der Waals surface area (Å²) >= 11 is 0. The number of anilines is 1. The molecular formula is C25H24N2O6. The molecule has 1 heterocycles. The number of ether oxygens (including phenoxy) is 3. The highest BCUT2D eigenvalue weighted by molar-refractivity contribution is 5.86. The number of nitrogens with zero attached hydrogens (tertiary/aromatic N) is 2. The van der Waals surface area contributed by atoms with Crippen LogP contribution < -0.4 is 20.2 Å². The fourth-order valence-electron chi connectivity index (χ4n) is 3.78. The molecule has 1 N–H and O–H groups in total. The molecule has 0 radical (unpaired) electrons. The fraction of sp³-hybridized carbons (Fsp3) is 0.240. The van der Waals surface area contributed by atoms with Crippen molar-refractivity contribution in [2.24, 2.45) is 4.99 Å². The number of phenols is 1. The van der Waals surface area contributed by atoms with Gasteiger partial charge in [0.1, 0.15) is 16.8 Å². The molecule has 8 heteroatoms. The number of esters is 2. The number of methoxy groups -OCH3 is 2. The normalized spacial score (nSPS) is 11.6. The van der Waals surface area contributed by atoms with E-state index in [1.807, 2.05) is 35.2 Å². The van der Waals surface area contributed by atoms with Gasteiger partial charge in [0.2, 0.25) is 0 Å². The molecule has 0 bridgehead atoms. The van der Waals surface area contributed by atoms with Gasteiger partial charge in [-0.2, -0.15) is 0 Å². The summed E-state index contributed by atoms with van der Waals surface area (Å²) in [5, 5.41) is 13.0. The SMILES string of the molecule is C=c1cc2c(c3cc(O)ccc13)=Nc1ccc(N(CCC(=O)OC)CCC(=O)OC)cc1O2. The van der Waals surface area contributed by atoms with Crippen LogP contribution in [0.4, 0.5) is 11.4 Å². The van der Waals surface area contributed by atoms with Gasteiger partial charge in [-0.3, -0.25) is 9.59 Å². The van der Waals surface area contributed by atoms with Gasteiger partial charge < -0.3 is 24.2 Å². The van der Waals surface area contributed by atoms with E-state index in [1.54, 1.807) is 12.1 Å². The van der Waals surface area contributed by atoms with E-state index < -0.39 is 0 Å². The summed E-state index contributed by atoms with van der Waals surface area (Å²) in [5.41, 5.74) is 1.40. The highest BCUT2D eigenvalue weighted by Crippen LogP contribution is 2.37. The van der Waals surface area contributed by atoms with Crippen molar-refractivity contribution in [3.05, 3.63) is 53.0 Å². The van der Waals surface area contributed by atoms with Crippen molar-refractivity contribution in [3.63, 3.8) is 0 Å². The lowest BCUT2D eigenvalue weighted by atomic mass is 10.1. The molecule has 0 aromatic heterocycles. The molecule has 1 aliphatic rings. The van der Waals surface area contributed by atoms with Gasteiger partial charge in [-0.25, -0.2) is 4.99 Å².